The Morgan fingerprint density at radius 1 is 1.47 bits per heavy atom. The Bertz CT molecular complexity index is 236. The van der Waals surface area contributed by atoms with Crippen LogP contribution in [-0.2, 0) is 0 Å². The lowest BCUT2D eigenvalue weighted by molar-refractivity contribution is 0.220. The van der Waals surface area contributed by atoms with E-state index in [9.17, 15) is 0 Å². The van der Waals surface area contributed by atoms with Crippen LogP contribution in [0.2, 0.25) is 0 Å². The van der Waals surface area contributed by atoms with E-state index < -0.39 is 0 Å². The zero-order chi connectivity index (χ0) is 12.8. The van der Waals surface area contributed by atoms with E-state index in [2.05, 4.69) is 49.6 Å². The number of likely N-dealkylation sites (N-methyl/N-ethyl adjacent to an activating group) is 1. The molecule has 0 aromatic rings. The molecule has 0 aromatic carbocycles. The highest BCUT2D eigenvalue weighted by Gasteiger charge is 2.24. The molecule has 1 saturated heterocycles. The van der Waals surface area contributed by atoms with Gasteiger partial charge in [-0.15, -0.1) is 0 Å². The van der Waals surface area contributed by atoms with Gasteiger partial charge in [-0.25, -0.2) is 0 Å². The lowest BCUT2D eigenvalue weighted by Gasteiger charge is -2.28. The van der Waals surface area contributed by atoms with Gasteiger partial charge in [0.05, 0.1) is 0 Å². The molecule has 0 saturated carbocycles. The van der Waals surface area contributed by atoms with Gasteiger partial charge in [0, 0.05) is 31.7 Å². The van der Waals surface area contributed by atoms with E-state index in [4.69, 9.17) is 0 Å². The number of likely N-dealkylation sites (tertiary alicyclic amines) is 1. The van der Waals surface area contributed by atoms with Crippen LogP contribution < -0.4 is 5.32 Å². The van der Waals surface area contributed by atoms with Crippen LogP contribution in [0.15, 0.2) is 12.2 Å². The van der Waals surface area contributed by atoms with Crippen molar-refractivity contribution in [2.75, 3.05) is 40.3 Å². The van der Waals surface area contributed by atoms with E-state index in [1.54, 1.807) is 0 Å². The predicted molar refractivity (Wildman–Crippen MR) is 75.4 cm³/mol. The molecule has 0 radical (unpaired) electrons. The Morgan fingerprint density at radius 2 is 2.18 bits per heavy atom. The molecule has 1 N–H and O–H groups in total. The second kappa shape index (κ2) is 7.14. The molecule has 0 aliphatic carbocycles. The summed E-state index contributed by atoms with van der Waals surface area (Å²) in [5, 5.41) is 3.44. The SMILES string of the molecule is C=C(CNC(C)C)CN1CCCC1CN(C)C. The Balaban J connectivity index is 2.31. The maximum atomic E-state index is 4.19. The fraction of sp³-hybridized carbons (Fsp3) is 0.857. The van der Waals surface area contributed by atoms with Gasteiger partial charge in [0.1, 0.15) is 0 Å². The van der Waals surface area contributed by atoms with Crippen LogP contribution in [-0.4, -0.2) is 62.2 Å². The topological polar surface area (TPSA) is 18.5 Å². The first kappa shape index (κ1) is 14.7. The molecule has 1 unspecified atom stereocenters. The summed E-state index contributed by atoms with van der Waals surface area (Å²) in [6, 6.07) is 1.27. The fourth-order valence-electron chi connectivity index (χ4n) is 2.42. The average Bonchev–Trinajstić information content (AvgIpc) is 2.62. The number of nitrogens with one attached hydrogen (secondary N) is 1. The van der Waals surface area contributed by atoms with Gasteiger partial charge in [0.2, 0.25) is 0 Å². The second-order valence-corrected chi connectivity index (χ2v) is 5.81. The van der Waals surface area contributed by atoms with Crippen LogP contribution in [0.4, 0.5) is 0 Å². The predicted octanol–water partition coefficient (Wildman–Crippen LogP) is 1.57. The lowest BCUT2D eigenvalue weighted by atomic mass is 10.2. The molecule has 0 bridgehead atoms. The van der Waals surface area contributed by atoms with Crippen molar-refractivity contribution in [3.8, 4) is 0 Å². The molecule has 1 aliphatic heterocycles. The van der Waals surface area contributed by atoms with Gasteiger partial charge in [-0.3, -0.25) is 4.90 Å². The standard InChI is InChI=1S/C14H29N3/c1-12(2)15-9-13(3)10-17-8-6-7-14(17)11-16(4)5/h12,14-15H,3,6-11H2,1-2,4-5H3. The smallest absolute Gasteiger partial charge is 0.0226 e. The maximum Gasteiger partial charge on any atom is 0.0226 e. The minimum absolute atomic E-state index is 0.544. The Kier molecular flexibility index (Phi) is 6.17. The Hall–Kier alpha value is -0.380. The van der Waals surface area contributed by atoms with Crippen LogP contribution in [0.25, 0.3) is 0 Å². The maximum absolute atomic E-state index is 4.19. The van der Waals surface area contributed by atoms with Crippen molar-refractivity contribution in [2.45, 2.75) is 38.8 Å². The number of nitrogens with zero attached hydrogens (tertiary/aromatic N) is 2. The highest BCUT2D eigenvalue weighted by atomic mass is 15.2. The van der Waals surface area contributed by atoms with Gasteiger partial charge in [0.25, 0.3) is 0 Å². The van der Waals surface area contributed by atoms with Crippen molar-refractivity contribution < 1.29 is 0 Å². The largest absolute Gasteiger partial charge is 0.311 e. The molecule has 100 valence electrons. The lowest BCUT2D eigenvalue weighted by Crippen LogP contribution is -2.39. The Morgan fingerprint density at radius 3 is 2.76 bits per heavy atom. The fourth-order valence-corrected chi connectivity index (χ4v) is 2.42. The summed E-state index contributed by atoms with van der Waals surface area (Å²) in [6.45, 7) is 13.0. The third-order valence-electron chi connectivity index (χ3n) is 3.26. The molecule has 0 aromatic heterocycles. The van der Waals surface area contributed by atoms with Gasteiger partial charge in [-0.1, -0.05) is 20.4 Å². The molecule has 0 amide bonds. The Labute approximate surface area is 107 Å². The monoisotopic (exact) mass is 239 g/mol. The summed E-state index contributed by atoms with van der Waals surface area (Å²) in [7, 11) is 4.32. The van der Waals surface area contributed by atoms with E-state index in [0.717, 1.165) is 19.1 Å². The van der Waals surface area contributed by atoms with Gasteiger partial charge >= 0.3 is 0 Å². The van der Waals surface area contributed by atoms with Crippen LogP contribution in [0.1, 0.15) is 26.7 Å². The number of rotatable bonds is 7. The molecule has 0 spiro atoms. The first-order valence-corrected chi connectivity index (χ1v) is 6.78. The molecule has 17 heavy (non-hydrogen) atoms. The molecular weight excluding hydrogens is 210 g/mol. The third kappa shape index (κ3) is 5.66. The number of hydrogen-bond acceptors (Lipinski definition) is 3. The molecule has 1 atom stereocenters. The van der Waals surface area contributed by atoms with Crippen LogP contribution in [0.5, 0.6) is 0 Å². The van der Waals surface area contributed by atoms with Crippen LogP contribution in [0.3, 0.4) is 0 Å². The van der Waals surface area contributed by atoms with Gasteiger partial charge in [-0.2, -0.15) is 0 Å². The second-order valence-electron chi connectivity index (χ2n) is 5.81. The summed E-state index contributed by atoms with van der Waals surface area (Å²) < 4.78 is 0. The van der Waals surface area contributed by atoms with Crippen molar-refractivity contribution in [1.82, 2.24) is 15.1 Å². The molecule has 1 heterocycles. The van der Waals surface area contributed by atoms with Crippen LogP contribution >= 0.6 is 0 Å². The van der Waals surface area contributed by atoms with Crippen LogP contribution in [0, 0.1) is 0 Å². The molecule has 1 rings (SSSR count). The molecular formula is C14H29N3. The highest BCUT2D eigenvalue weighted by molar-refractivity contribution is 5.02. The highest BCUT2D eigenvalue weighted by Crippen LogP contribution is 2.18. The van der Waals surface area contributed by atoms with E-state index in [0.29, 0.717) is 6.04 Å². The molecule has 1 aliphatic rings. The van der Waals surface area contributed by atoms with Crippen molar-refractivity contribution in [2.24, 2.45) is 0 Å². The quantitative estimate of drug-likeness (QED) is 0.680. The first-order chi connectivity index (χ1) is 7.99. The summed E-state index contributed by atoms with van der Waals surface area (Å²) in [6.07, 6.45) is 2.67. The van der Waals surface area contributed by atoms with E-state index in [1.165, 1.54) is 31.5 Å². The summed E-state index contributed by atoms with van der Waals surface area (Å²) in [4.78, 5) is 4.88. The number of hydrogen-bond donors (Lipinski definition) is 1. The van der Waals surface area contributed by atoms with Crippen molar-refractivity contribution in [3.63, 3.8) is 0 Å². The zero-order valence-corrected chi connectivity index (χ0v) is 12.0. The zero-order valence-electron chi connectivity index (χ0n) is 12.0. The van der Waals surface area contributed by atoms with Gasteiger partial charge in [-0.05, 0) is 39.1 Å². The summed E-state index contributed by atoms with van der Waals surface area (Å²) in [5.74, 6) is 0. The normalized spacial score (nSPS) is 21.6. The van der Waals surface area contributed by atoms with Gasteiger partial charge < -0.3 is 10.2 Å². The summed E-state index contributed by atoms with van der Waals surface area (Å²) >= 11 is 0. The first-order valence-electron chi connectivity index (χ1n) is 6.78. The molecule has 1 fully saturated rings. The van der Waals surface area contributed by atoms with Gasteiger partial charge in [0.15, 0.2) is 0 Å². The van der Waals surface area contributed by atoms with Crippen molar-refractivity contribution in [3.05, 3.63) is 12.2 Å². The third-order valence-corrected chi connectivity index (χ3v) is 3.26. The minimum atomic E-state index is 0.544. The van der Waals surface area contributed by atoms with E-state index in [1.807, 2.05) is 0 Å². The van der Waals surface area contributed by atoms with E-state index >= 15 is 0 Å². The summed E-state index contributed by atoms with van der Waals surface area (Å²) in [5.41, 5.74) is 1.31. The van der Waals surface area contributed by atoms with Crippen molar-refractivity contribution >= 4 is 0 Å². The average molecular weight is 239 g/mol. The minimum Gasteiger partial charge on any atom is -0.311 e. The van der Waals surface area contributed by atoms with E-state index in [-0.39, 0.29) is 0 Å². The molecule has 3 heteroatoms. The van der Waals surface area contributed by atoms with Crippen molar-refractivity contribution in [1.29, 1.82) is 0 Å². The molecule has 3 nitrogen and oxygen atoms in total.